The maximum Gasteiger partial charge on any atom is 0.253 e. The Morgan fingerprint density at radius 1 is 1.12 bits per heavy atom. The number of nitrogens with zero attached hydrogens (tertiary/aromatic N) is 3. The standard InChI is InChI=1S/C26H29N5O3/c1-16(2)31-25-22(15-28-31)17(3)20(18(4)29-25)11-12-24(32)30-23-10-6-5-9-21(23)26(33)27-14-19-8-7-13-34-19/h5-10,13,15-16H,11-12,14H2,1-4H3,(H,27,33)(H,30,32). The van der Waals surface area contributed by atoms with Gasteiger partial charge in [0.25, 0.3) is 5.91 Å². The average Bonchev–Trinajstić information content (AvgIpc) is 3.47. The molecule has 8 heteroatoms. The molecule has 0 aliphatic heterocycles. The molecule has 0 aliphatic carbocycles. The lowest BCUT2D eigenvalue weighted by atomic mass is 10.00. The molecule has 8 nitrogen and oxygen atoms in total. The van der Waals surface area contributed by atoms with Crippen molar-refractivity contribution in [2.45, 2.75) is 53.1 Å². The van der Waals surface area contributed by atoms with E-state index in [-0.39, 0.29) is 30.8 Å². The summed E-state index contributed by atoms with van der Waals surface area (Å²) < 4.78 is 7.17. The lowest BCUT2D eigenvalue weighted by Gasteiger charge is -2.14. The summed E-state index contributed by atoms with van der Waals surface area (Å²) in [5.74, 6) is 0.212. The van der Waals surface area contributed by atoms with E-state index >= 15 is 0 Å². The second-order valence-corrected chi connectivity index (χ2v) is 8.58. The van der Waals surface area contributed by atoms with E-state index in [1.165, 1.54) is 0 Å². The molecule has 0 saturated heterocycles. The summed E-state index contributed by atoms with van der Waals surface area (Å²) in [6.45, 7) is 8.44. The van der Waals surface area contributed by atoms with Crippen LogP contribution >= 0.6 is 0 Å². The first-order chi connectivity index (χ1) is 16.3. The highest BCUT2D eigenvalue weighted by Crippen LogP contribution is 2.25. The molecule has 1 aromatic carbocycles. The van der Waals surface area contributed by atoms with E-state index in [0.29, 0.717) is 23.4 Å². The number of rotatable bonds is 8. The first-order valence-electron chi connectivity index (χ1n) is 11.4. The monoisotopic (exact) mass is 459 g/mol. The summed E-state index contributed by atoms with van der Waals surface area (Å²) in [5, 5.41) is 11.2. The number of carbonyl (C=O) groups excluding carboxylic acids is 2. The molecule has 0 aliphatic rings. The topological polar surface area (TPSA) is 102 Å². The molecule has 2 N–H and O–H groups in total. The summed E-state index contributed by atoms with van der Waals surface area (Å²) in [4.78, 5) is 30.2. The van der Waals surface area contributed by atoms with Crippen molar-refractivity contribution in [3.63, 3.8) is 0 Å². The number of aromatic nitrogens is 3. The van der Waals surface area contributed by atoms with Gasteiger partial charge in [-0.3, -0.25) is 9.59 Å². The van der Waals surface area contributed by atoms with Crippen LogP contribution in [0.4, 0.5) is 5.69 Å². The maximum atomic E-state index is 12.8. The Kier molecular flexibility index (Phi) is 6.77. The van der Waals surface area contributed by atoms with Gasteiger partial charge < -0.3 is 15.1 Å². The van der Waals surface area contributed by atoms with Crippen molar-refractivity contribution in [1.82, 2.24) is 20.1 Å². The number of amides is 2. The molecule has 0 bridgehead atoms. The Morgan fingerprint density at radius 3 is 2.65 bits per heavy atom. The van der Waals surface area contributed by atoms with Gasteiger partial charge in [0.15, 0.2) is 5.65 Å². The molecule has 0 fully saturated rings. The predicted octanol–water partition coefficient (Wildman–Crippen LogP) is 4.72. The third-order valence-corrected chi connectivity index (χ3v) is 5.88. The third-order valence-electron chi connectivity index (χ3n) is 5.88. The van der Waals surface area contributed by atoms with Crippen LogP contribution < -0.4 is 10.6 Å². The van der Waals surface area contributed by atoms with Crippen LogP contribution in [0.5, 0.6) is 0 Å². The fourth-order valence-electron chi connectivity index (χ4n) is 4.06. The van der Waals surface area contributed by atoms with Gasteiger partial charge in [-0.05, 0) is 69.5 Å². The SMILES string of the molecule is Cc1nc2c(cnn2C(C)C)c(C)c1CCC(=O)Nc1ccccc1C(=O)NCc1ccco1. The van der Waals surface area contributed by atoms with Gasteiger partial charge in [-0.2, -0.15) is 5.10 Å². The smallest absolute Gasteiger partial charge is 0.253 e. The molecule has 0 saturated carbocycles. The minimum atomic E-state index is -0.282. The van der Waals surface area contributed by atoms with Crippen molar-refractivity contribution in [2.24, 2.45) is 0 Å². The average molecular weight is 460 g/mol. The van der Waals surface area contributed by atoms with Gasteiger partial charge in [-0.15, -0.1) is 0 Å². The molecule has 0 spiro atoms. The number of furan rings is 1. The number of nitrogens with one attached hydrogen (secondary N) is 2. The van der Waals surface area contributed by atoms with Gasteiger partial charge >= 0.3 is 0 Å². The number of fused-ring (bicyclic) bond motifs is 1. The quantitative estimate of drug-likeness (QED) is 0.397. The summed E-state index contributed by atoms with van der Waals surface area (Å²) in [6.07, 6.45) is 4.22. The second kappa shape index (κ2) is 9.91. The van der Waals surface area contributed by atoms with E-state index in [1.807, 2.05) is 17.8 Å². The number of benzene rings is 1. The summed E-state index contributed by atoms with van der Waals surface area (Å²) in [5.41, 5.74) is 4.80. The highest BCUT2D eigenvalue weighted by molar-refractivity contribution is 6.03. The van der Waals surface area contributed by atoms with Crippen LogP contribution in [0.25, 0.3) is 11.0 Å². The molecule has 4 aromatic rings. The summed E-state index contributed by atoms with van der Waals surface area (Å²) in [7, 11) is 0. The highest BCUT2D eigenvalue weighted by atomic mass is 16.3. The second-order valence-electron chi connectivity index (χ2n) is 8.58. The fraction of sp³-hybridized carbons (Fsp3) is 0.308. The Hall–Kier alpha value is -3.94. The van der Waals surface area contributed by atoms with Crippen molar-refractivity contribution in [1.29, 1.82) is 0 Å². The molecule has 0 radical (unpaired) electrons. The Labute approximate surface area is 198 Å². The number of carbonyl (C=O) groups is 2. The van der Waals surface area contributed by atoms with Gasteiger partial charge in [0.1, 0.15) is 5.76 Å². The van der Waals surface area contributed by atoms with Crippen LogP contribution in [-0.2, 0) is 17.8 Å². The van der Waals surface area contributed by atoms with Gasteiger partial charge in [-0.1, -0.05) is 12.1 Å². The van der Waals surface area contributed by atoms with Crippen LogP contribution in [0.15, 0.2) is 53.3 Å². The molecule has 3 aromatic heterocycles. The number of hydrogen-bond donors (Lipinski definition) is 2. The number of para-hydroxylation sites is 1. The van der Waals surface area contributed by atoms with Crippen molar-refractivity contribution in [3.05, 3.63) is 77.0 Å². The number of hydrogen-bond acceptors (Lipinski definition) is 5. The zero-order valence-corrected chi connectivity index (χ0v) is 19.9. The molecule has 3 heterocycles. The zero-order chi connectivity index (χ0) is 24.2. The van der Waals surface area contributed by atoms with Crippen molar-refractivity contribution in [3.8, 4) is 0 Å². The summed E-state index contributed by atoms with van der Waals surface area (Å²) >= 11 is 0. The number of pyridine rings is 1. The predicted molar refractivity (Wildman–Crippen MR) is 131 cm³/mol. The molecule has 0 unspecified atom stereocenters. The number of anilines is 1. The molecule has 0 atom stereocenters. The molecule has 4 rings (SSSR count). The lowest BCUT2D eigenvalue weighted by Crippen LogP contribution is -2.24. The van der Waals surface area contributed by atoms with Crippen molar-refractivity contribution < 1.29 is 14.0 Å². The van der Waals surface area contributed by atoms with Gasteiger partial charge in [0, 0.05) is 23.5 Å². The van der Waals surface area contributed by atoms with Crippen LogP contribution in [-0.4, -0.2) is 26.6 Å². The van der Waals surface area contributed by atoms with Crippen LogP contribution in [0.3, 0.4) is 0 Å². The van der Waals surface area contributed by atoms with E-state index in [1.54, 1.807) is 42.7 Å². The summed E-state index contributed by atoms with van der Waals surface area (Å²) in [6, 6.07) is 10.7. The van der Waals surface area contributed by atoms with Gasteiger partial charge in [0.05, 0.1) is 30.3 Å². The van der Waals surface area contributed by atoms with Gasteiger partial charge in [0.2, 0.25) is 5.91 Å². The maximum absolute atomic E-state index is 12.8. The van der Waals surface area contributed by atoms with Crippen molar-refractivity contribution >= 4 is 28.5 Å². The molecular formula is C26H29N5O3. The van der Waals surface area contributed by atoms with E-state index in [2.05, 4.69) is 36.5 Å². The van der Waals surface area contributed by atoms with Crippen LogP contribution in [0, 0.1) is 13.8 Å². The lowest BCUT2D eigenvalue weighted by molar-refractivity contribution is -0.116. The fourth-order valence-corrected chi connectivity index (χ4v) is 4.06. The molecule has 2 amide bonds. The highest BCUT2D eigenvalue weighted by Gasteiger charge is 2.17. The zero-order valence-electron chi connectivity index (χ0n) is 19.9. The number of aryl methyl sites for hydroxylation is 2. The van der Waals surface area contributed by atoms with Crippen LogP contribution in [0.2, 0.25) is 0 Å². The molecule has 34 heavy (non-hydrogen) atoms. The van der Waals surface area contributed by atoms with Crippen molar-refractivity contribution in [2.75, 3.05) is 5.32 Å². The Morgan fingerprint density at radius 2 is 1.91 bits per heavy atom. The minimum absolute atomic E-state index is 0.164. The largest absolute Gasteiger partial charge is 0.467 e. The molecule has 176 valence electrons. The first kappa shape index (κ1) is 23.2. The Balaban J connectivity index is 1.44. The third kappa shape index (κ3) is 4.85. The minimum Gasteiger partial charge on any atom is -0.467 e. The van der Waals surface area contributed by atoms with Gasteiger partial charge in [-0.25, -0.2) is 9.67 Å². The van der Waals surface area contributed by atoms with E-state index < -0.39 is 0 Å². The van der Waals surface area contributed by atoms with E-state index in [9.17, 15) is 9.59 Å². The first-order valence-corrected chi connectivity index (χ1v) is 11.4. The molecular weight excluding hydrogens is 430 g/mol. The van der Waals surface area contributed by atoms with E-state index in [4.69, 9.17) is 9.40 Å². The Bertz CT molecular complexity index is 1320. The van der Waals surface area contributed by atoms with Crippen LogP contribution in [0.1, 0.15) is 59.2 Å². The normalized spacial score (nSPS) is 11.2. The van der Waals surface area contributed by atoms with E-state index in [0.717, 1.165) is 27.9 Å².